The molecule has 0 aliphatic rings. The SMILES string of the molecule is CC(C)(CCOC(=O)Oc1ccc([N+](=O)[O-])cc1)OCCC(C)(N)OCCOC(=O)Oc1ccc([N+](=O)[O-])cc1. The third-order valence-corrected chi connectivity index (χ3v) is 5.25. The van der Waals surface area contributed by atoms with Crippen LogP contribution < -0.4 is 15.2 Å². The van der Waals surface area contributed by atoms with Gasteiger partial charge in [-0.25, -0.2) is 9.59 Å². The summed E-state index contributed by atoms with van der Waals surface area (Å²) in [5.74, 6) is 0.201. The fourth-order valence-corrected chi connectivity index (χ4v) is 2.98. The first-order valence-corrected chi connectivity index (χ1v) is 12.0. The van der Waals surface area contributed by atoms with Gasteiger partial charge in [-0.1, -0.05) is 0 Å². The van der Waals surface area contributed by atoms with Crippen LogP contribution in [-0.2, 0) is 18.9 Å². The van der Waals surface area contributed by atoms with Gasteiger partial charge in [0.15, 0.2) is 0 Å². The molecule has 2 aromatic rings. The van der Waals surface area contributed by atoms with E-state index in [9.17, 15) is 29.8 Å². The van der Waals surface area contributed by atoms with Crippen molar-refractivity contribution in [2.24, 2.45) is 5.73 Å². The molecule has 0 saturated heterocycles. The molecule has 0 saturated carbocycles. The summed E-state index contributed by atoms with van der Waals surface area (Å²) in [4.78, 5) is 43.8. The average molecular weight is 566 g/mol. The second-order valence-corrected chi connectivity index (χ2v) is 9.17. The van der Waals surface area contributed by atoms with Crippen LogP contribution in [0.3, 0.4) is 0 Å². The molecule has 40 heavy (non-hydrogen) atoms. The largest absolute Gasteiger partial charge is 0.513 e. The molecular formula is C25H31N3O12. The fourth-order valence-electron chi connectivity index (χ4n) is 2.98. The first-order chi connectivity index (χ1) is 18.8. The van der Waals surface area contributed by atoms with Gasteiger partial charge in [0, 0.05) is 37.1 Å². The van der Waals surface area contributed by atoms with Crippen LogP contribution in [0.1, 0.15) is 33.6 Å². The number of hydrogen-bond donors (Lipinski definition) is 1. The van der Waals surface area contributed by atoms with Crippen LogP contribution in [0, 0.1) is 20.2 Å². The van der Waals surface area contributed by atoms with E-state index in [0.29, 0.717) is 12.8 Å². The fraction of sp³-hybridized carbons (Fsp3) is 0.440. The Balaban J connectivity index is 1.60. The van der Waals surface area contributed by atoms with Crippen molar-refractivity contribution in [2.45, 2.75) is 44.9 Å². The van der Waals surface area contributed by atoms with Crippen LogP contribution in [0.15, 0.2) is 48.5 Å². The highest BCUT2D eigenvalue weighted by Gasteiger charge is 2.24. The van der Waals surface area contributed by atoms with Gasteiger partial charge in [0.05, 0.1) is 35.3 Å². The molecule has 0 heterocycles. The molecule has 0 spiro atoms. The summed E-state index contributed by atoms with van der Waals surface area (Å²) in [6.45, 7) is 5.30. The van der Waals surface area contributed by atoms with Crippen molar-refractivity contribution in [1.29, 1.82) is 0 Å². The number of non-ortho nitro benzene ring substituents is 2. The lowest BCUT2D eigenvalue weighted by molar-refractivity contribution is -0.385. The number of nitrogens with zero attached hydrogens (tertiary/aromatic N) is 2. The predicted octanol–water partition coefficient (Wildman–Crippen LogP) is 4.50. The van der Waals surface area contributed by atoms with E-state index < -0.39 is 33.5 Å². The molecule has 0 fully saturated rings. The Labute approximate surface area is 229 Å². The lowest BCUT2D eigenvalue weighted by Gasteiger charge is -2.29. The molecule has 0 bridgehead atoms. The van der Waals surface area contributed by atoms with Gasteiger partial charge in [0.1, 0.15) is 23.8 Å². The summed E-state index contributed by atoms with van der Waals surface area (Å²) in [7, 11) is 0. The average Bonchev–Trinajstić information content (AvgIpc) is 2.87. The molecule has 1 atom stereocenters. The van der Waals surface area contributed by atoms with Gasteiger partial charge in [-0.15, -0.1) is 0 Å². The van der Waals surface area contributed by atoms with Crippen LogP contribution in [0.2, 0.25) is 0 Å². The molecule has 0 radical (unpaired) electrons. The second kappa shape index (κ2) is 14.7. The minimum atomic E-state index is -1.09. The number of ether oxygens (including phenoxy) is 6. The van der Waals surface area contributed by atoms with E-state index >= 15 is 0 Å². The van der Waals surface area contributed by atoms with E-state index in [1.807, 2.05) is 0 Å². The lowest BCUT2D eigenvalue weighted by Crippen LogP contribution is -2.42. The van der Waals surface area contributed by atoms with Crippen LogP contribution in [0.25, 0.3) is 0 Å². The maximum atomic E-state index is 11.8. The Kier molecular flexibility index (Phi) is 11.7. The molecule has 2 N–H and O–H groups in total. The molecular weight excluding hydrogens is 534 g/mol. The lowest BCUT2D eigenvalue weighted by atomic mass is 10.1. The van der Waals surface area contributed by atoms with E-state index in [2.05, 4.69) is 0 Å². The number of hydrogen-bond acceptors (Lipinski definition) is 13. The zero-order valence-electron chi connectivity index (χ0n) is 22.2. The number of benzene rings is 2. The maximum absolute atomic E-state index is 11.8. The Morgan fingerprint density at radius 2 is 1.15 bits per heavy atom. The smallest absolute Gasteiger partial charge is 0.434 e. The molecule has 0 aliphatic carbocycles. The topological polar surface area (TPSA) is 202 Å². The first-order valence-electron chi connectivity index (χ1n) is 12.0. The van der Waals surface area contributed by atoms with Crippen LogP contribution in [-0.4, -0.2) is 59.9 Å². The van der Waals surface area contributed by atoms with Gasteiger partial charge in [0.25, 0.3) is 11.4 Å². The third kappa shape index (κ3) is 12.0. The highest BCUT2D eigenvalue weighted by molar-refractivity contribution is 5.64. The zero-order chi connectivity index (χ0) is 29.8. The third-order valence-electron chi connectivity index (χ3n) is 5.25. The highest BCUT2D eigenvalue weighted by Crippen LogP contribution is 2.20. The molecule has 15 heteroatoms. The van der Waals surface area contributed by atoms with Crippen molar-refractivity contribution in [2.75, 3.05) is 26.4 Å². The molecule has 0 aliphatic heterocycles. The molecule has 2 aromatic carbocycles. The van der Waals surface area contributed by atoms with Crippen molar-refractivity contribution < 1.29 is 47.9 Å². The minimum Gasteiger partial charge on any atom is -0.434 e. The van der Waals surface area contributed by atoms with Crippen LogP contribution in [0.4, 0.5) is 21.0 Å². The van der Waals surface area contributed by atoms with E-state index in [-0.39, 0.29) is 49.3 Å². The number of nitro benzene ring substituents is 2. The van der Waals surface area contributed by atoms with Gasteiger partial charge in [-0.2, -0.15) is 0 Å². The van der Waals surface area contributed by atoms with Crippen LogP contribution >= 0.6 is 0 Å². The van der Waals surface area contributed by atoms with E-state index in [1.54, 1.807) is 20.8 Å². The van der Waals surface area contributed by atoms with Crippen molar-refractivity contribution in [3.8, 4) is 11.5 Å². The molecule has 0 aromatic heterocycles. The quantitative estimate of drug-likeness (QED) is 0.0790. The van der Waals surface area contributed by atoms with Crippen molar-refractivity contribution in [1.82, 2.24) is 0 Å². The molecule has 15 nitrogen and oxygen atoms in total. The monoisotopic (exact) mass is 565 g/mol. The predicted molar refractivity (Wildman–Crippen MR) is 138 cm³/mol. The van der Waals surface area contributed by atoms with Crippen molar-refractivity contribution >= 4 is 23.7 Å². The maximum Gasteiger partial charge on any atom is 0.513 e. The number of nitrogens with two attached hydrogens (primary N) is 1. The second-order valence-electron chi connectivity index (χ2n) is 9.17. The Morgan fingerprint density at radius 1 is 0.700 bits per heavy atom. The Bertz CT molecular complexity index is 1150. The number of nitro groups is 2. The molecule has 2 rings (SSSR count). The highest BCUT2D eigenvalue weighted by atomic mass is 16.7. The summed E-state index contributed by atoms with van der Waals surface area (Å²) in [5.41, 5.74) is 4.08. The van der Waals surface area contributed by atoms with Crippen molar-refractivity contribution in [3.63, 3.8) is 0 Å². The number of carbonyl (C=O) groups excluding carboxylic acids is 2. The summed E-state index contributed by atoms with van der Waals surface area (Å²) in [6, 6.07) is 9.93. The van der Waals surface area contributed by atoms with Crippen molar-refractivity contribution in [3.05, 3.63) is 68.8 Å². The van der Waals surface area contributed by atoms with E-state index in [0.717, 1.165) is 0 Å². The standard InChI is InChI=1S/C25H31N3O12/c1-24(2,12-14-35-22(29)39-20-8-4-18(5-9-20)27(31)32)37-15-13-25(3,26)38-17-16-36-23(30)40-21-10-6-19(7-11-21)28(33)34/h4-11H,12-17,26H2,1-3H3. The Hall–Kier alpha value is -4.34. The van der Waals surface area contributed by atoms with Crippen LogP contribution in [0.5, 0.6) is 11.5 Å². The zero-order valence-corrected chi connectivity index (χ0v) is 22.2. The number of carbonyl (C=O) groups is 2. The first kappa shape index (κ1) is 31.9. The summed E-state index contributed by atoms with van der Waals surface area (Å²) in [6.07, 6.45) is -1.31. The van der Waals surface area contributed by atoms with Gasteiger partial charge in [0.2, 0.25) is 0 Å². The Morgan fingerprint density at radius 3 is 1.60 bits per heavy atom. The normalized spacial score (nSPS) is 12.6. The summed E-state index contributed by atoms with van der Waals surface area (Å²) < 4.78 is 31.2. The molecule has 218 valence electrons. The van der Waals surface area contributed by atoms with Gasteiger partial charge in [-0.05, 0) is 45.0 Å². The summed E-state index contributed by atoms with van der Waals surface area (Å²) in [5, 5.41) is 21.3. The van der Waals surface area contributed by atoms with E-state index in [1.165, 1.54) is 48.5 Å². The van der Waals surface area contributed by atoms with Gasteiger partial charge < -0.3 is 34.2 Å². The van der Waals surface area contributed by atoms with Gasteiger partial charge in [-0.3, -0.25) is 20.2 Å². The van der Waals surface area contributed by atoms with Gasteiger partial charge >= 0.3 is 12.3 Å². The molecule has 1 unspecified atom stereocenters. The molecule has 0 amide bonds. The number of rotatable bonds is 15. The summed E-state index contributed by atoms with van der Waals surface area (Å²) >= 11 is 0. The minimum absolute atomic E-state index is 0.00250. The van der Waals surface area contributed by atoms with E-state index in [4.69, 9.17) is 34.2 Å².